The van der Waals surface area contributed by atoms with Crippen molar-refractivity contribution >= 4 is 26.0 Å². The molecule has 0 saturated heterocycles. The minimum Gasteiger partial charge on any atom is -0.465 e. The smallest absolute Gasteiger partial charge is 0.322 e. The van der Waals surface area contributed by atoms with Gasteiger partial charge in [-0.05, 0) is 6.92 Å². The predicted octanol–water partition coefficient (Wildman–Crippen LogP) is -1.57. The maximum atomic E-state index is 10.9. The summed E-state index contributed by atoms with van der Waals surface area (Å²) in [7, 11) is -8.06. The largest absolute Gasteiger partial charge is 0.465 e. The Bertz CT molecular complexity index is 394. The molecule has 0 bridgehead atoms. The first-order valence-corrected chi connectivity index (χ1v) is 7.07. The molecule has 0 aromatic rings. The number of sulfonamides is 2. The second-order valence-corrected chi connectivity index (χ2v) is 6.15. The average molecular weight is 245 g/mol. The van der Waals surface area contributed by atoms with Crippen molar-refractivity contribution in [3.8, 4) is 0 Å². The predicted molar refractivity (Wildman–Crippen MR) is 48.4 cm³/mol. The van der Waals surface area contributed by atoms with E-state index in [1.807, 2.05) is 0 Å². The third-order valence-corrected chi connectivity index (χ3v) is 3.73. The number of carbonyl (C=O) groups excluding carboxylic acids is 1. The standard InChI is InChI=1S/C5H11NO6S2/c1-3-12-5(7)4-14(10,11)6-13(2,8)9/h6H,3-4H2,1-2H3. The molecule has 0 heterocycles. The van der Waals surface area contributed by atoms with Crippen molar-refractivity contribution in [2.24, 2.45) is 0 Å². The molecule has 1 N–H and O–H groups in total. The normalized spacial score (nSPS) is 12.4. The second-order valence-electron chi connectivity index (χ2n) is 2.42. The number of esters is 1. The third kappa shape index (κ3) is 6.80. The highest BCUT2D eigenvalue weighted by atomic mass is 32.3. The molecule has 0 amide bonds. The highest BCUT2D eigenvalue weighted by Crippen LogP contribution is 1.90. The third-order valence-electron chi connectivity index (χ3n) is 0.892. The van der Waals surface area contributed by atoms with E-state index in [-0.39, 0.29) is 6.61 Å². The Morgan fingerprint density at radius 2 is 1.79 bits per heavy atom. The van der Waals surface area contributed by atoms with E-state index in [4.69, 9.17) is 0 Å². The molecule has 0 aromatic carbocycles. The summed E-state index contributed by atoms with van der Waals surface area (Å²) >= 11 is 0. The minimum atomic E-state index is -4.17. The first-order chi connectivity index (χ1) is 6.16. The Labute approximate surface area is 82.5 Å². The number of nitrogens with one attached hydrogen (secondary N) is 1. The minimum absolute atomic E-state index is 0.0349. The maximum absolute atomic E-state index is 10.9. The van der Waals surface area contributed by atoms with Crippen LogP contribution in [-0.2, 0) is 29.6 Å². The number of rotatable bonds is 5. The van der Waals surface area contributed by atoms with Crippen molar-refractivity contribution in [3.05, 3.63) is 0 Å². The van der Waals surface area contributed by atoms with Gasteiger partial charge in [0.25, 0.3) is 0 Å². The topological polar surface area (TPSA) is 107 Å². The summed E-state index contributed by atoms with van der Waals surface area (Å²) in [6.45, 7) is 1.54. The second kappa shape index (κ2) is 4.71. The van der Waals surface area contributed by atoms with E-state index in [0.29, 0.717) is 6.26 Å². The van der Waals surface area contributed by atoms with Gasteiger partial charge in [0.2, 0.25) is 20.0 Å². The van der Waals surface area contributed by atoms with Crippen LogP contribution in [0, 0.1) is 0 Å². The quantitative estimate of drug-likeness (QED) is 0.586. The lowest BCUT2D eigenvalue weighted by Crippen LogP contribution is -2.34. The molecule has 0 aliphatic carbocycles. The lowest BCUT2D eigenvalue weighted by Gasteiger charge is -2.03. The highest BCUT2D eigenvalue weighted by Gasteiger charge is 2.21. The van der Waals surface area contributed by atoms with E-state index in [2.05, 4.69) is 4.74 Å². The van der Waals surface area contributed by atoms with Gasteiger partial charge in [-0.3, -0.25) is 4.79 Å². The molecule has 7 nitrogen and oxygen atoms in total. The Balaban J connectivity index is 4.45. The number of carbonyl (C=O) groups is 1. The molecular weight excluding hydrogens is 234 g/mol. The van der Waals surface area contributed by atoms with Crippen LogP contribution in [0.25, 0.3) is 0 Å². The molecule has 0 aliphatic heterocycles. The summed E-state index contributed by atoms with van der Waals surface area (Å²) in [6, 6.07) is 0. The molecule has 84 valence electrons. The Morgan fingerprint density at radius 3 is 2.14 bits per heavy atom. The zero-order chi connectivity index (χ0) is 11.4. The molecule has 9 heteroatoms. The highest BCUT2D eigenvalue weighted by molar-refractivity contribution is 8.04. The number of ether oxygens (including phenoxy) is 1. The molecule has 0 spiro atoms. The zero-order valence-corrected chi connectivity index (χ0v) is 9.31. The van der Waals surface area contributed by atoms with Crippen LogP contribution >= 0.6 is 0 Å². The molecular formula is C5H11NO6S2. The van der Waals surface area contributed by atoms with E-state index in [9.17, 15) is 21.6 Å². The monoisotopic (exact) mass is 245 g/mol. The van der Waals surface area contributed by atoms with Gasteiger partial charge in [-0.15, -0.1) is 4.13 Å². The van der Waals surface area contributed by atoms with E-state index in [1.54, 1.807) is 0 Å². The SMILES string of the molecule is CCOC(=O)CS(=O)(=O)NS(C)(=O)=O. The van der Waals surface area contributed by atoms with Crippen molar-refractivity contribution < 1.29 is 26.4 Å². The first-order valence-electron chi connectivity index (χ1n) is 3.53. The van der Waals surface area contributed by atoms with Crippen molar-refractivity contribution in [2.75, 3.05) is 18.6 Å². The maximum Gasteiger partial charge on any atom is 0.322 e. The van der Waals surface area contributed by atoms with Crippen LogP contribution in [0.3, 0.4) is 0 Å². The van der Waals surface area contributed by atoms with Gasteiger partial charge in [-0.1, -0.05) is 0 Å². The zero-order valence-electron chi connectivity index (χ0n) is 7.68. The van der Waals surface area contributed by atoms with Gasteiger partial charge in [0.1, 0.15) is 0 Å². The van der Waals surface area contributed by atoms with Gasteiger partial charge < -0.3 is 4.74 Å². The summed E-state index contributed by atoms with van der Waals surface area (Å²) in [6.07, 6.45) is 0.676. The van der Waals surface area contributed by atoms with Crippen LogP contribution in [0.5, 0.6) is 0 Å². The number of hydrogen-bond acceptors (Lipinski definition) is 6. The van der Waals surface area contributed by atoms with Gasteiger partial charge in [0, 0.05) is 0 Å². The molecule has 0 rings (SSSR count). The molecule has 0 aliphatic rings. The molecule has 0 aromatic heterocycles. The van der Waals surface area contributed by atoms with Crippen molar-refractivity contribution in [1.29, 1.82) is 0 Å². The first kappa shape index (κ1) is 13.3. The van der Waals surface area contributed by atoms with Crippen molar-refractivity contribution in [3.63, 3.8) is 0 Å². The molecule has 0 unspecified atom stereocenters. The average Bonchev–Trinajstić information content (AvgIpc) is 1.78. The van der Waals surface area contributed by atoms with E-state index in [0.717, 1.165) is 0 Å². The van der Waals surface area contributed by atoms with E-state index < -0.39 is 31.8 Å². The van der Waals surface area contributed by atoms with E-state index >= 15 is 0 Å². The van der Waals surface area contributed by atoms with Gasteiger partial charge in [0.15, 0.2) is 5.75 Å². The Morgan fingerprint density at radius 1 is 1.29 bits per heavy atom. The van der Waals surface area contributed by atoms with Crippen LogP contribution < -0.4 is 4.13 Å². The summed E-state index contributed by atoms with van der Waals surface area (Å²) in [5.41, 5.74) is 0. The van der Waals surface area contributed by atoms with Crippen molar-refractivity contribution in [1.82, 2.24) is 4.13 Å². The Kier molecular flexibility index (Phi) is 4.49. The molecule has 0 atom stereocenters. The molecule has 0 fully saturated rings. The molecule has 0 radical (unpaired) electrons. The fourth-order valence-electron chi connectivity index (χ4n) is 0.618. The van der Waals surface area contributed by atoms with Crippen molar-refractivity contribution in [2.45, 2.75) is 6.92 Å². The Hall–Kier alpha value is -0.670. The molecule has 14 heavy (non-hydrogen) atoms. The summed E-state index contributed by atoms with van der Waals surface area (Å²) < 4.78 is 48.6. The van der Waals surface area contributed by atoms with Crippen LogP contribution in [0.2, 0.25) is 0 Å². The van der Waals surface area contributed by atoms with Gasteiger partial charge >= 0.3 is 5.97 Å². The summed E-state index contributed by atoms with van der Waals surface area (Å²) in [5, 5.41) is 0. The van der Waals surface area contributed by atoms with Crippen LogP contribution in [-0.4, -0.2) is 41.4 Å². The lowest BCUT2D eigenvalue weighted by molar-refractivity contribution is -0.139. The lowest BCUT2D eigenvalue weighted by atomic mass is 10.8. The van der Waals surface area contributed by atoms with Gasteiger partial charge in [-0.2, -0.15) is 0 Å². The fraction of sp³-hybridized carbons (Fsp3) is 0.800. The molecule has 0 saturated carbocycles. The summed E-state index contributed by atoms with van der Waals surface area (Å²) in [4.78, 5) is 10.7. The van der Waals surface area contributed by atoms with Crippen LogP contribution in [0.1, 0.15) is 6.92 Å². The fourth-order valence-corrected chi connectivity index (χ4v) is 3.09. The van der Waals surface area contributed by atoms with E-state index in [1.165, 1.54) is 11.1 Å². The van der Waals surface area contributed by atoms with Crippen LogP contribution in [0.15, 0.2) is 0 Å². The summed E-state index contributed by atoms with van der Waals surface area (Å²) in [5.74, 6) is -2.00. The number of hydrogen-bond donors (Lipinski definition) is 1. The van der Waals surface area contributed by atoms with Crippen LogP contribution in [0.4, 0.5) is 0 Å². The van der Waals surface area contributed by atoms with Gasteiger partial charge in [0.05, 0.1) is 12.9 Å². The van der Waals surface area contributed by atoms with Gasteiger partial charge in [-0.25, -0.2) is 16.8 Å².